The lowest BCUT2D eigenvalue weighted by Gasteiger charge is -2.16. The number of hydrogen-bond donors (Lipinski definition) is 1. The fraction of sp³-hybridized carbons (Fsp3) is 0.250. The van der Waals surface area contributed by atoms with Crippen molar-refractivity contribution in [3.8, 4) is 0 Å². The van der Waals surface area contributed by atoms with Crippen LogP contribution in [0.3, 0.4) is 0 Å². The van der Waals surface area contributed by atoms with Gasteiger partial charge in [0.1, 0.15) is 0 Å². The van der Waals surface area contributed by atoms with E-state index in [1.165, 1.54) is 14.7 Å². The third-order valence-electron chi connectivity index (χ3n) is 3.17. The standard InChI is InChI=1S/C16H17BrIN/c1-19-16(10-12-5-7-15(18)8-6-12)11-13-3-2-4-14(17)9-13/h2-9,16,19H,10-11H2,1H3. The summed E-state index contributed by atoms with van der Waals surface area (Å²) in [5, 5.41) is 3.42. The molecule has 19 heavy (non-hydrogen) atoms. The lowest BCUT2D eigenvalue weighted by Crippen LogP contribution is -2.29. The van der Waals surface area contributed by atoms with Gasteiger partial charge < -0.3 is 5.32 Å². The highest BCUT2D eigenvalue weighted by Gasteiger charge is 2.08. The maximum atomic E-state index is 3.53. The van der Waals surface area contributed by atoms with Gasteiger partial charge in [0, 0.05) is 14.1 Å². The van der Waals surface area contributed by atoms with E-state index in [2.05, 4.69) is 92.4 Å². The van der Waals surface area contributed by atoms with Crippen LogP contribution in [0.5, 0.6) is 0 Å². The van der Waals surface area contributed by atoms with Crippen LogP contribution in [0, 0.1) is 3.57 Å². The van der Waals surface area contributed by atoms with Crippen molar-refractivity contribution in [3.63, 3.8) is 0 Å². The van der Waals surface area contributed by atoms with Crippen molar-refractivity contribution in [2.24, 2.45) is 0 Å². The summed E-state index contributed by atoms with van der Waals surface area (Å²) >= 11 is 5.87. The molecule has 0 aliphatic rings. The van der Waals surface area contributed by atoms with Crippen LogP contribution in [0.2, 0.25) is 0 Å². The summed E-state index contributed by atoms with van der Waals surface area (Å²) in [5.74, 6) is 0. The van der Waals surface area contributed by atoms with Crippen LogP contribution < -0.4 is 5.32 Å². The molecule has 0 amide bonds. The van der Waals surface area contributed by atoms with Gasteiger partial charge in [-0.2, -0.15) is 0 Å². The van der Waals surface area contributed by atoms with E-state index in [0.717, 1.165) is 17.3 Å². The Hall–Kier alpha value is -0.390. The van der Waals surface area contributed by atoms with Gasteiger partial charge in [-0.1, -0.05) is 40.2 Å². The number of hydrogen-bond acceptors (Lipinski definition) is 1. The second-order valence-corrected chi connectivity index (χ2v) is 6.81. The largest absolute Gasteiger partial charge is 0.316 e. The predicted molar refractivity (Wildman–Crippen MR) is 93.6 cm³/mol. The van der Waals surface area contributed by atoms with Crippen LogP contribution >= 0.6 is 38.5 Å². The van der Waals surface area contributed by atoms with E-state index in [0.29, 0.717) is 6.04 Å². The Morgan fingerprint density at radius 1 is 1.05 bits per heavy atom. The topological polar surface area (TPSA) is 12.0 Å². The molecular formula is C16H17BrIN. The molecule has 0 heterocycles. The molecule has 0 fully saturated rings. The summed E-state index contributed by atoms with van der Waals surface area (Å²) in [6, 6.07) is 17.8. The number of nitrogens with one attached hydrogen (secondary N) is 1. The van der Waals surface area contributed by atoms with E-state index in [4.69, 9.17) is 0 Å². The number of halogens is 2. The van der Waals surface area contributed by atoms with Crippen molar-refractivity contribution < 1.29 is 0 Å². The Bertz CT molecular complexity index is 525. The highest BCUT2D eigenvalue weighted by Crippen LogP contribution is 2.15. The van der Waals surface area contributed by atoms with Crippen molar-refractivity contribution in [1.29, 1.82) is 0 Å². The smallest absolute Gasteiger partial charge is 0.0178 e. The summed E-state index contributed by atoms with van der Waals surface area (Å²) in [6.07, 6.45) is 2.10. The molecule has 100 valence electrons. The molecule has 2 aromatic rings. The van der Waals surface area contributed by atoms with Crippen molar-refractivity contribution in [2.45, 2.75) is 18.9 Å². The van der Waals surface area contributed by atoms with Crippen molar-refractivity contribution >= 4 is 38.5 Å². The van der Waals surface area contributed by atoms with E-state index < -0.39 is 0 Å². The minimum Gasteiger partial charge on any atom is -0.316 e. The molecule has 0 saturated heterocycles. The zero-order valence-corrected chi connectivity index (χ0v) is 14.6. The van der Waals surface area contributed by atoms with Gasteiger partial charge in [-0.3, -0.25) is 0 Å². The average molecular weight is 430 g/mol. The van der Waals surface area contributed by atoms with Crippen LogP contribution in [0.25, 0.3) is 0 Å². The Balaban J connectivity index is 2.02. The number of benzene rings is 2. The molecule has 1 nitrogen and oxygen atoms in total. The van der Waals surface area contributed by atoms with Crippen molar-refractivity contribution in [3.05, 3.63) is 67.7 Å². The van der Waals surface area contributed by atoms with E-state index in [1.54, 1.807) is 0 Å². The summed E-state index contributed by atoms with van der Waals surface area (Å²) < 4.78 is 2.43. The zero-order chi connectivity index (χ0) is 13.7. The second kappa shape index (κ2) is 7.41. The summed E-state index contributed by atoms with van der Waals surface area (Å²) in [7, 11) is 2.04. The van der Waals surface area contributed by atoms with E-state index in [9.17, 15) is 0 Å². The van der Waals surface area contributed by atoms with E-state index in [-0.39, 0.29) is 0 Å². The lowest BCUT2D eigenvalue weighted by molar-refractivity contribution is 0.556. The molecule has 1 unspecified atom stereocenters. The number of likely N-dealkylation sites (N-methyl/N-ethyl adjacent to an activating group) is 1. The zero-order valence-electron chi connectivity index (χ0n) is 10.9. The molecular weight excluding hydrogens is 413 g/mol. The Kier molecular flexibility index (Phi) is 5.85. The normalized spacial score (nSPS) is 12.4. The molecule has 0 aliphatic carbocycles. The maximum Gasteiger partial charge on any atom is 0.0178 e. The minimum atomic E-state index is 0.467. The highest BCUT2D eigenvalue weighted by atomic mass is 127. The average Bonchev–Trinajstić information content (AvgIpc) is 2.40. The van der Waals surface area contributed by atoms with Gasteiger partial charge in [-0.25, -0.2) is 0 Å². The Labute approximate surface area is 137 Å². The first kappa shape index (κ1) is 15.0. The predicted octanol–water partition coefficient (Wildman–Crippen LogP) is 4.43. The molecule has 1 atom stereocenters. The summed E-state index contributed by atoms with van der Waals surface area (Å²) in [5.41, 5.74) is 2.74. The molecule has 3 heteroatoms. The minimum absolute atomic E-state index is 0.467. The molecule has 0 spiro atoms. The van der Waals surface area contributed by atoms with Crippen LogP contribution in [0.4, 0.5) is 0 Å². The lowest BCUT2D eigenvalue weighted by atomic mass is 9.99. The molecule has 2 aromatic carbocycles. The van der Waals surface area contributed by atoms with E-state index in [1.807, 2.05) is 7.05 Å². The van der Waals surface area contributed by atoms with Crippen LogP contribution in [-0.4, -0.2) is 13.1 Å². The first-order chi connectivity index (χ1) is 9.17. The third kappa shape index (κ3) is 4.89. The fourth-order valence-corrected chi connectivity index (χ4v) is 2.94. The monoisotopic (exact) mass is 429 g/mol. The van der Waals surface area contributed by atoms with Gasteiger partial charge in [-0.15, -0.1) is 0 Å². The quantitative estimate of drug-likeness (QED) is 0.693. The summed E-state index contributed by atoms with van der Waals surface area (Å²) in [6.45, 7) is 0. The Morgan fingerprint density at radius 2 is 1.74 bits per heavy atom. The molecule has 0 bridgehead atoms. The van der Waals surface area contributed by atoms with Gasteiger partial charge in [0.2, 0.25) is 0 Å². The van der Waals surface area contributed by atoms with Crippen LogP contribution in [0.15, 0.2) is 53.0 Å². The van der Waals surface area contributed by atoms with Gasteiger partial charge in [0.15, 0.2) is 0 Å². The molecule has 0 aromatic heterocycles. The molecule has 0 saturated carbocycles. The van der Waals surface area contributed by atoms with Crippen molar-refractivity contribution in [1.82, 2.24) is 5.32 Å². The van der Waals surface area contributed by atoms with Gasteiger partial charge >= 0.3 is 0 Å². The first-order valence-electron chi connectivity index (χ1n) is 6.33. The van der Waals surface area contributed by atoms with E-state index >= 15 is 0 Å². The highest BCUT2D eigenvalue weighted by molar-refractivity contribution is 14.1. The third-order valence-corrected chi connectivity index (χ3v) is 4.39. The van der Waals surface area contributed by atoms with Crippen molar-refractivity contribution in [2.75, 3.05) is 7.05 Å². The SMILES string of the molecule is CNC(Cc1ccc(I)cc1)Cc1cccc(Br)c1. The number of rotatable bonds is 5. The molecule has 0 radical (unpaired) electrons. The van der Waals surface area contributed by atoms with Gasteiger partial charge in [0.05, 0.1) is 0 Å². The van der Waals surface area contributed by atoms with Crippen LogP contribution in [-0.2, 0) is 12.8 Å². The molecule has 0 aliphatic heterocycles. The van der Waals surface area contributed by atoms with Gasteiger partial charge in [-0.05, 0) is 77.9 Å². The molecule has 2 rings (SSSR count). The first-order valence-corrected chi connectivity index (χ1v) is 8.20. The van der Waals surface area contributed by atoms with Gasteiger partial charge in [0.25, 0.3) is 0 Å². The second-order valence-electron chi connectivity index (χ2n) is 4.65. The maximum absolute atomic E-state index is 3.53. The summed E-state index contributed by atoms with van der Waals surface area (Å²) in [4.78, 5) is 0. The Morgan fingerprint density at radius 3 is 2.37 bits per heavy atom. The molecule has 1 N–H and O–H groups in total. The fourth-order valence-electron chi connectivity index (χ4n) is 2.13. The van der Waals surface area contributed by atoms with Crippen LogP contribution in [0.1, 0.15) is 11.1 Å².